The van der Waals surface area contributed by atoms with Crippen LogP contribution in [0.15, 0.2) is 126 Å². The van der Waals surface area contributed by atoms with Gasteiger partial charge in [-0.2, -0.15) is 6.42 Å². The summed E-state index contributed by atoms with van der Waals surface area (Å²) in [5.41, 5.74) is 18.9. The van der Waals surface area contributed by atoms with Crippen molar-refractivity contribution < 1.29 is 18.9 Å². The van der Waals surface area contributed by atoms with Gasteiger partial charge in [0.25, 0.3) is 0 Å². The summed E-state index contributed by atoms with van der Waals surface area (Å²) in [4.78, 5) is 9.95. The first-order valence-electron chi connectivity index (χ1n) is 24.0. The number of aryl methyl sites for hydroxylation is 3. The summed E-state index contributed by atoms with van der Waals surface area (Å²) in [5, 5.41) is 7.48. The summed E-state index contributed by atoms with van der Waals surface area (Å²) in [5.74, 6) is 1.69. The first-order chi connectivity index (χ1) is 31.6. The Morgan fingerprint density at radius 2 is 0.821 bits per heavy atom. The van der Waals surface area contributed by atoms with Gasteiger partial charge < -0.3 is 6.92 Å². The largest absolute Gasteiger partial charge is 1.00 e. The van der Waals surface area contributed by atoms with Gasteiger partial charge in [-0.1, -0.05) is 174 Å². The molecule has 0 aliphatic carbocycles. The number of nitrogens with zero attached hydrogens (tertiary/aromatic N) is 4. The van der Waals surface area contributed by atoms with E-state index < -0.39 is 0 Å². The number of halogens is 1. The number of pyridine rings is 2. The first kappa shape index (κ1) is 49.7. The Balaban J connectivity index is 0.000000182. The Morgan fingerprint density at radius 1 is 0.478 bits per heavy atom. The zero-order chi connectivity index (χ0) is 47.1. The summed E-state index contributed by atoms with van der Waals surface area (Å²) < 4.78 is 5.90. The fraction of sp³-hybridized carbons (Fsp3) is 0.295. The molecule has 0 spiro atoms. The van der Waals surface area contributed by atoms with Gasteiger partial charge >= 0.3 is 18.9 Å². The van der Waals surface area contributed by atoms with E-state index >= 15 is 0 Å². The fourth-order valence-corrected chi connectivity index (χ4v) is 10.3. The zero-order valence-corrected chi connectivity index (χ0v) is 43.7. The second-order valence-electron chi connectivity index (χ2n) is 19.5. The van der Waals surface area contributed by atoms with Gasteiger partial charge in [0.1, 0.15) is 11.3 Å². The van der Waals surface area contributed by atoms with Gasteiger partial charge in [0.15, 0.2) is 0 Å². The number of imidazole rings is 2. The molecule has 10 rings (SSSR count). The molecule has 6 heteroatoms. The van der Waals surface area contributed by atoms with Crippen molar-refractivity contribution in [2.24, 2.45) is 0 Å². The van der Waals surface area contributed by atoms with Crippen LogP contribution in [0, 0.1) is 27.7 Å². The van der Waals surface area contributed by atoms with Crippen LogP contribution in [0.3, 0.4) is 0 Å². The second kappa shape index (κ2) is 20.6. The van der Waals surface area contributed by atoms with E-state index in [2.05, 4.69) is 236 Å². The minimum Gasteiger partial charge on any atom is -0.343 e. The van der Waals surface area contributed by atoms with Crippen molar-refractivity contribution in [2.45, 2.75) is 120 Å². The average molecular weight is 942 g/mol. The van der Waals surface area contributed by atoms with Crippen LogP contribution in [0.5, 0.6) is 0 Å². The Bertz CT molecular complexity index is 3120. The van der Waals surface area contributed by atoms with E-state index in [0.717, 1.165) is 22.2 Å². The molecule has 0 aliphatic rings. The van der Waals surface area contributed by atoms with Crippen molar-refractivity contribution in [2.75, 3.05) is 0 Å². The van der Waals surface area contributed by atoms with E-state index in [1.807, 2.05) is 0 Å². The molecule has 0 aliphatic heterocycles. The molecule has 338 valence electrons. The van der Waals surface area contributed by atoms with Gasteiger partial charge in [0, 0.05) is 37.1 Å². The molecule has 4 heterocycles. The monoisotopic (exact) mass is 940 g/mol. The summed E-state index contributed by atoms with van der Waals surface area (Å²) in [6.07, 6.45) is 6.44. The number of hydrogen-bond acceptors (Lipinski definition) is 2. The summed E-state index contributed by atoms with van der Waals surface area (Å²) >= 11 is 3.75. The number of aromatic nitrogens is 4. The molecule has 0 saturated heterocycles. The van der Waals surface area contributed by atoms with Gasteiger partial charge in [-0.3, -0.25) is 8.80 Å². The molecule has 0 amide bonds. The van der Waals surface area contributed by atoms with Crippen molar-refractivity contribution in [1.82, 2.24) is 18.8 Å². The zero-order valence-electron chi connectivity index (χ0n) is 42.1. The van der Waals surface area contributed by atoms with Crippen molar-refractivity contribution in [1.29, 1.82) is 0 Å². The van der Waals surface area contributed by atoms with E-state index in [1.165, 1.54) is 111 Å². The van der Waals surface area contributed by atoms with Crippen LogP contribution in [0.2, 0.25) is 0 Å². The molecule has 67 heavy (non-hydrogen) atoms. The molecule has 10 aromatic rings. The first-order valence-corrected chi connectivity index (χ1v) is 24.8. The SMILES string of the molecule is Cc1cc(C(C)C)c(-c2cnc3c4ccccc4c4cc(C)ccc4n23)c(C(C)C)c1.Cc1ccc2c(c1)c1ccccc1c1ncc(-c3c(C(C)C)cc(Br)cc3C(C)C)n21.[CH2-]CCC.[Li+]. The van der Waals surface area contributed by atoms with Crippen molar-refractivity contribution in [3.05, 3.63) is 172 Å². The van der Waals surface area contributed by atoms with Crippen LogP contribution in [-0.2, 0) is 0 Å². The van der Waals surface area contributed by atoms with E-state index in [-0.39, 0.29) is 18.9 Å². The van der Waals surface area contributed by atoms with Crippen molar-refractivity contribution >= 4 is 70.6 Å². The molecule has 6 aromatic carbocycles. The predicted molar refractivity (Wildman–Crippen MR) is 290 cm³/mol. The number of fused-ring (bicyclic) bond motifs is 12. The summed E-state index contributed by atoms with van der Waals surface area (Å²) in [6.45, 7) is 30.5. The van der Waals surface area contributed by atoms with E-state index in [1.54, 1.807) is 0 Å². The van der Waals surface area contributed by atoms with Gasteiger partial charge in [-0.25, -0.2) is 9.97 Å². The Kier molecular flexibility index (Phi) is 15.3. The third-order valence-electron chi connectivity index (χ3n) is 13.1. The average Bonchev–Trinajstić information content (AvgIpc) is 3.95. The standard InChI is InChI=1S/C29H30N2.C28H27BrN2.C4H9.Li/c1-17(2)23-14-20(6)15-24(18(3)4)28(23)27-16-30-29-22-10-8-7-9-21(22)25-13-19(5)11-12-26(25)31(27)29;1-16(2)22-13-19(29)14-23(17(3)4)27(22)26-15-30-28-21-9-7-6-8-20(21)24-12-18(5)10-11-25(24)31(26)28;1-3-4-2;/h7-18H,1-6H3;6-17H,1-5H3;1,3-4H2,2H3;/q;;-1;+1. The molecule has 0 radical (unpaired) electrons. The Morgan fingerprint density at radius 3 is 1.16 bits per heavy atom. The molecule has 0 atom stereocenters. The van der Waals surface area contributed by atoms with Crippen LogP contribution in [0.25, 0.3) is 77.2 Å². The maximum Gasteiger partial charge on any atom is 1.00 e. The summed E-state index contributed by atoms with van der Waals surface area (Å²) in [7, 11) is 0. The summed E-state index contributed by atoms with van der Waals surface area (Å²) in [6, 6.07) is 40.1. The van der Waals surface area contributed by atoms with Crippen molar-refractivity contribution in [3.8, 4) is 22.5 Å². The smallest absolute Gasteiger partial charge is 0.343 e. The molecule has 4 nitrogen and oxygen atoms in total. The normalized spacial score (nSPS) is 11.7. The van der Waals surface area contributed by atoms with Gasteiger partial charge in [0.2, 0.25) is 0 Å². The van der Waals surface area contributed by atoms with Crippen LogP contribution in [-0.4, -0.2) is 18.8 Å². The molecule has 4 aromatic heterocycles. The Labute approximate surface area is 419 Å². The molecule has 0 N–H and O–H groups in total. The topological polar surface area (TPSA) is 34.6 Å². The fourth-order valence-electron chi connectivity index (χ4n) is 9.78. The van der Waals surface area contributed by atoms with E-state index in [9.17, 15) is 0 Å². The number of rotatable bonds is 7. The molecule has 0 saturated carbocycles. The number of unbranched alkanes of at least 4 members (excludes halogenated alkanes) is 1. The number of benzene rings is 6. The van der Waals surface area contributed by atoms with Gasteiger partial charge in [-0.05, 0) is 114 Å². The van der Waals surface area contributed by atoms with Crippen LogP contribution in [0.4, 0.5) is 0 Å². The van der Waals surface area contributed by atoms with Crippen molar-refractivity contribution in [3.63, 3.8) is 0 Å². The number of hydrogen-bond donors (Lipinski definition) is 0. The second-order valence-corrected chi connectivity index (χ2v) is 20.4. The maximum atomic E-state index is 4.98. The van der Waals surface area contributed by atoms with E-state index in [0.29, 0.717) is 23.7 Å². The molecule has 0 bridgehead atoms. The van der Waals surface area contributed by atoms with Crippen LogP contribution < -0.4 is 18.9 Å². The molecular formula is C61H66BrLiN4. The Hall–Kier alpha value is -5.18. The van der Waals surface area contributed by atoms with Crippen LogP contribution >= 0.6 is 15.9 Å². The maximum absolute atomic E-state index is 4.98. The van der Waals surface area contributed by atoms with Gasteiger partial charge in [-0.15, -0.1) is 0 Å². The minimum absolute atomic E-state index is 0. The van der Waals surface area contributed by atoms with E-state index in [4.69, 9.17) is 9.97 Å². The predicted octanol–water partition coefficient (Wildman–Crippen LogP) is 15.4. The molecule has 0 unspecified atom stereocenters. The molecule has 0 fully saturated rings. The third-order valence-corrected chi connectivity index (χ3v) is 13.5. The van der Waals surface area contributed by atoms with Gasteiger partial charge in [0.05, 0.1) is 34.8 Å². The minimum atomic E-state index is 0. The van der Waals surface area contributed by atoms with Crippen LogP contribution in [0.1, 0.15) is 138 Å². The molecular weight excluding hydrogens is 876 g/mol. The quantitative estimate of drug-likeness (QED) is 0.0906. The third kappa shape index (κ3) is 9.37.